The minimum absolute atomic E-state index is 0.0650. The van der Waals surface area contributed by atoms with Crippen molar-refractivity contribution in [2.24, 2.45) is 11.3 Å². The minimum atomic E-state index is -0.333. The first-order valence-corrected chi connectivity index (χ1v) is 5.54. The number of nitrogens with zero attached hydrogens (tertiary/aromatic N) is 1. The summed E-state index contributed by atoms with van der Waals surface area (Å²) in [5.41, 5.74) is -0.333. The quantitative estimate of drug-likeness (QED) is 0.704. The van der Waals surface area contributed by atoms with Crippen LogP contribution in [-0.2, 0) is 0 Å². The zero-order valence-corrected chi connectivity index (χ0v) is 9.37. The highest BCUT2D eigenvalue weighted by molar-refractivity contribution is 4.79. The molecule has 14 heavy (non-hydrogen) atoms. The Labute approximate surface area is 86.7 Å². The molecule has 0 unspecified atom stereocenters. The largest absolute Gasteiger partial charge is 0.396 e. The summed E-state index contributed by atoms with van der Waals surface area (Å²) in [4.78, 5) is 2.35. The smallest absolute Gasteiger partial charge is 0.0519 e. The van der Waals surface area contributed by atoms with Gasteiger partial charge in [0, 0.05) is 12.0 Å². The molecule has 1 aliphatic rings. The van der Waals surface area contributed by atoms with Crippen molar-refractivity contribution in [3.8, 4) is 0 Å². The monoisotopic (exact) mass is 201 g/mol. The number of hydrogen-bond acceptors (Lipinski definition) is 3. The summed E-state index contributed by atoms with van der Waals surface area (Å²) in [6.45, 7) is 7.38. The Kier molecular flexibility index (Phi) is 4.35. The van der Waals surface area contributed by atoms with E-state index in [1.807, 2.05) is 6.92 Å². The number of aliphatic hydroxyl groups excluding tert-OH is 2. The Morgan fingerprint density at radius 2 is 1.71 bits per heavy atom. The first-order chi connectivity index (χ1) is 6.59. The van der Waals surface area contributed by atoms with Crippen LogP contribution in [0.4, 0.5) is 0 Å². The van der Waals surface area contributed by atoms with Crippen LogP contribution in [0, 0.1) is 11.3 Å². The normalized spacial score (nSPS) is 21.4. The summed E-state index contributed by atoms with van der Waals surface area (Å²) < 4.78 is 0. The fourth-order valence-corrected chi connectivity index (χ4v) is 1.91. The minimum Gasteiger partial charge on any atom is -0.396 e. The molecule has 1 fully saturated rings. The molecule has 0 aromatic heterocycles. The van der Waals surface area contributed by atoms with Crippen LogP contribution in [0.3, 0.4) is 0 Å². The average Bonchev–Trinajstić information content (AvgIpc) is 2.21. The van der Waals surface area contributed by atoms with Gasteiger partial charge in [-0.25, -0.2) is 0 Å². The molecule has 84 valence electrons. The second-order valence-corrected chi connectivity index (χ2v) is 5.09. The molecule has 2 N–H and O–H groups in total. The standard InChI is InChI=1S/C11H23NO2/c1-10-3-5-12(6-4-10)7-11(2,8-13)9-14/h10,13-14H,3-9H2,1-2H3. The lowest BCUT2D eigenvalue weighted by Gasteiger charge is -2.36. The number of likely N-dealkylation sites (tertiary alicyclic amines) is 1. The third-order valence-corrected chi connectivity index (χ3v) is 3.25. The van der Waals surface area contributed by atoms with Crippen molar-refractivity contribution in [3.63, 3.8) is 0 Å². The van der Waals surface area contributed by atoms with Gasteiger partial charge in [0.15, 0.2) is 0 Å². The van der Waals surface area contributed by atoms with E-state index in [1.165, 1.54) is 12.8 Å². The maximum atomic E-state index is 9.18. The highest BCUT2D eigenvalue weighted by Gasteiger charge is 2.27. The zero-order valence-electron chi connectivity index (χ0n) is 9.37. The summed E-state index contributed by atoms with van der Waals surface area (Å²) in [5, 5.41) is 18.4. The van der Waals surface area contributed by atoms with Gasteiger partial charge in [0.25, 0.3) is 0 Å². The third kappa shape index (κ3) is 3.23. The highest BCUT2D eigenvalue weighted by Crippen LogP contribution is 2.21. The maximum Gasteiger partial charge on any atom is 0.0519 e. The van der Waals surface area contributed by atoms with Crippen LogP contribution < -0.4 is 0 Å². The fraction of sp³-hybridized carbons (Fsp3) is 1.00. The van der Waals surface area contributed by atoms with E-state index in [4.69, 9.17) is 0 Å². The third-order valence-electron chi connectivity index (χ3n) is 3.25. The second-order valence-electron chi connectivity index (χ2n) is 5.09. The molecule has 1 heterocycles. The molecule has 0 radical (unpaired) electrons. The molecule has 0 amide bonds. The van der Waals surface area contributed by atoms with Gasteiger partial charge < -0.3 is 15.1 Å². The van der Waals surface area contributed by atoms with Gasteiger partial charge in [-0.3, -0.25) is 0 Å². The lowest BCUT2D eigenvalue weighted by molar-refractivity contribution is 0.0258. The predicted molar refractivity (Wildman–Crippen MR) is 57.1 cm³/mol. The van der Waals surface area contributed by atoms with Crippen molar-refractivity contribution in [1.29, 1.82) is 0 Å². The van der Waals surface area contributed by atoms with E-state index < -0.39 is 0 Å². The first kappa shape index (κ1) is 12.0. The fourth-order valence-electron chi connectivity index (χ4n) is 1.91. The average molecular weight is 201 g/mol. The van der Waals surface area contributed by atoms with Crippen LogP contribution in [0.2, 0.25) is 0 Å². The van der Waals surface area contributed by atoms with E-state index >= 15 is 0 Å². The van der Waals surface area contributed by atoms with Gasteiger partial charge in [-0.05, 0) is 31.8 Å². The zero-order chi connectivity index (χ0) is 10.6. The number of hydrogen-bond donors (Lipinski definition) is 2. The number of piperidine rings is 1. The van der Waals surface area contributed by atoms with Gasteiger partial charge in [0.2, 0.25) is 0 Å². The van der Waals surface area contributed by atoms with E-state index in [0.717, 1.165) is 25.6 Å². The lowest BCUT2D eigenvalue weighted by Crippen LogP contribution is -2.44. The summed E-state index contributed by atoms with van der Waals surface area (Å²) in [7, 11) is 0. The molecule has 0 atom stereocenters. The van der Waals surface area contributed by atoms with Crippen LogP contribution in [0.15, 0.2) is 0 Å². The second kappa shape index (κ2) is 5.10. The lowest BCUT2D eigenvalue weighted by atomic mass is 9.90. The van der Waals surface area contributed by atoms with E-state index in [9.17, 15) is 10.2 Å². The SMILES string of the molecule is CC1CCN(CC(C)(CO)CO)CC1. The van der Waals surface area contributed by atoms with E-state index in [0.29, 0.717) is 0 Å². The van der Waals surface area contributed by atoms with Crippen LogP contribution >= 0.6 is 0 Å². The summed E-state index contributed by atoms with van der Waals surface area (Å²) in [6.07, 6.45) is 2.49. The van der Waals surface area contributed by atoms with E-state index in [2.05, 4.69) is 11.8 Å². The van der Waals surface area contributed by atoms with Crippen LogP contribution in [0.25, 0.3) is 0 Å². The Morgan fingerprint density at radius 3 is 2.14 bits per heavy atom. The maximum absolute atomic E-state index is 9.18. The van der Waals surface area contributed by atoms with Crippen molar-refractivity contribution in [2.45, 2.75) is 26.7 Å². The van der Waals surface area contributed by atoms with Crippen molar-refractivity contribution in [3.05, 3.63) is 0 Å². The number of rotatable bonds is 4. The van der Waals surface area contributed by atoms with Crippen molar-refractivity contribution in [2.75, 3.05) is 32.8 Å². The van der Waals surface area contributed by atoms with Crippen LogP contribution in [0.5, 0.6) is 0 Å². The molecule has 0 bridgehead atoms. The summed E-state index contributed by atoms with van der Waals surface area (Å²) in [6, 6.07) is 0. The Hall–Kier alpha value is -0.120. The van der Waals surface area contributed by atoms with Gasteiger partial charge in [0.1, 0.15) is 0 Å². The molecule has 0 aliphatic carbocycles. The molecule has 3 nitrogen and oxygen atoms in total. The molecular formula is C11H23NO2. The molecule has 1 saturated heterocycles. The summed E-state index contributed by atoms with van der Waals surface area (Å²) >= 11 is 0. The van der Waals surface area contributed by atoms with Gasteiger partial charge >= 0.3 is 0 Å². The first-order valence-electron chi connectivity index (χ1n) is 5.54. The molecule has 1 rings (SSSR count). The number of aliphatic hydroxyl groups is 2. The topological polar surface area (TPSA) is 43.7 Å². The molecule has 0 spiro atoms. The molecule has 1 aliphatic heterocycles. The molecular weight excluding hydrogens is 178 g/mol. The molecule has 0 aromatic rings. The Morgan fingerprint density at radius 1 is 1.21 bits per heavy atom. The van der Waals surface area contributed by atoms with Crippen LogP contribution in [-0.4, -0.2) is 48.0 Å². The highest BCUT2D eigenvalue weighted by atomic mass is 16.3. The van der Waals surface area contributed by atoms with Gasteiger partial charge in [-0.15, -0.1) is 0 Å². The van der Waals surface area contributed by atoms with Gasteiger partial charge in [-0.1, -0.05) is 13.8 Å². The van der Waals surface area contributed by atoms with Gasteiger partial charge in [0.05, 0.1) is 13.2 Å². The van der Waals surface area contributed by atoms with Crippen molar-refractivity contribution in [1.82, 2.24) is 4.90 Å². The van der Waals surface area contributed by atoms with Gasteiger partial charge in [-0.2, -0.15) is 0 Å². The molecule has 3 heteroatoms. The Balaban J connectivity index is 2.36. The molecule has 0 aromatic carbocycles. The van der Waals surface area contributed by atoms with Crippen LogP contribution in [0.1, 0.15) is 26.7 Å². The summed E-state index contributed by atoms with van der Waals surface area (Å²) in [5.74, 6) is 0.834. The van der Waals surface area contributed by atoms with Crippen molar-refractivity contribution >= 4 is 0 Å². The Bertz CT molecular complexity index is 161. The van der Waals surface area contributed by atoms with E-state index in [-0.39, 0.29) is 18.6 Å². The van der Waals surface area contributed by atoms with Crippen molar-refractivity contribution < 1.29 is 10.2 Å². The molecule has 0 saturated carbocycles. The predicted octanol–water partition coefficient (Wildman–Crippen LogP) is 0.709. The van der Waals surface area contributed by atoms with E-state index in [1.54, 1.807) is 0 Å².